The van der Waals surface area contributed by atoms with Crippen LogP contribution in [0.5, 0.6) is 0 Å². The lowest BCUT2D eigenvalue weighted by atomic mass is 10.2. The fraction of sp³-hybridized carbons (Fsp3) is 0.538. The fourth-order valence-electron chi connectivity index (χ4n) is 2.28. The first-order chi connectivity index (χ1) is 9.00. The van der Waals surface area contributed by atoms with Gasteiger partial charge in [-0.3, -0.25) is 0 Å². The Bertz CT molecular complexity index is 510. The van der Waals surface area contributed by atoms with Crippen molar-refractivity contribution in [2.45, 2.75) is 24.6 Å². The second kappa shape index (κ2) is 6.22. The molecule has 1 aliphatic rings. The van der Waals surface area contributed by atoms with E-state index in [2.05, 4.69) is 5.32 Å². The molecule has 1 N–H and O–H groups in total. The summed E-state index contributed by atoms with van der Waals surface area (Å²) in [5.41, 5.74) is 0.949. The van der Waals surface area contributed by atoms with E-state index in [0.717, 1.165) is 18.7 Å². The predicted molar refractivity (Wildman–Crippen MR) is 77.7 cm³/mol. The molecule has 1 aliphatic heterocycles. The molecule has 0 amide bonds. The number of hydrogen-bond acceptors (Lipinski definition) is 3. The first-order valence-electron chi connectivity index (χ1n) is 6.40. The molecule has 6 heteroatoms. The van der Waals surface area contributed by atoms with Crippen LogP contribution in [0.2, 0.25) is 5.02 Å². The molecule has 4 nitrogen and oxygen atoms in total. The van der Waals surface area contributed by atoms with Gasteiger partial charge in [0, 0.05) is 18.6 Å². The van der Waals surface area contributed by atoms with Gasteiger partial charge in [0.25, 0.3) is 0 Å². The zero-order valence-electron chi connectivity index (χ0n) is 11.0. The molecule has 0 unspecified atom stereocenters. The first kappa shape index (κ1) is 14.8. The summed E-state index contributed by atoms with van der Waals surface area (Å²) in [5.74, 6) is 0. The van der Waals surface area contributed by atoms with Crippen molar-refractivity contribution in [3.63, 3.8) is 0 Å². The van der Waals surface area contributed by atoms with E-state index in [1.165, 1.54) is 4.31 Å². The van der Waals surface area contributed by atoms with Crippen molar-refractivity contribution in [2.75, 3.05) is 20.1 Å². The third kappa shape index (κ3) is 3.69. The van der Waals surface area contributed by atoms with E-state index in [1.807, 2.05) is 12.1 Å². The van der Waals surface area contributed by atoms with Gasteiger partial charge in [-0.2, -0.15) is 0 Å². The molecule has 1 heterocycles. The molecule has 0 bridgehead atoms. The maximum Gasteiger partial charge on any atom is 0.217 e. The summed E-state index contributed by atoms with van der Waals surface area (Å²) in [6, 6.07) is 7.28. The summed E-state index contributed by atoms with van der Waals surface area (Å²) in [5, 5.41) is 3.59. The number of sulfonamides is 1. The van der Waals surface area contributed by atoms with Gasteiger partial charge in [-0.05, 0) is 43.6 Å². The van der Waals surface area contributed by atoms with Crippen LogP contribution in [0.3, 0.4) is 0 Å². The topological polar surface area (TPSA) is 49.4 Å². The number of piperidine rings is 1. The van der Waals surface area contributed by atoms with Gasteiger partial charge in [0.1, 0.15) is 0 Å². The number of hydrogen-bond donors (Lipinski definition) is 1. The van der Waals surface area contributed by atoms with Crippen molar-refractivity contribution < 1.29 is 8.42 Å². The summed E-state index contributed by atoms with van der Waals surface area (Å²) >= 11 is 5.82. The normalized spacial score (nSPS) is 17.8. The molecule has 0 atom stereocenters. The van der Waals surface area contributed by atoms with Gasteiger partial charge >= 0.3 is 0 Å². The largest absolute Gasteiger partial charge is 0.317 e. The Hall–Kier alpha value is -0.620. The molecule has 1 aromatic carbocycles. The lowest BCUT2D eigenvalue weighted by Gasteiger charge is -2.27. The molecule has 0 radical (unpaired) electrons. The summed E-state index contributed by atoms with van der Waals surface area (Å²) < 4.78 is 26.3. The smallest absolute Gasteiger partial charge is 0.217 e. The Balaban J connectivity index is 2.05. The standard InChI is InChI=1S/C13H19ClN2O2S/c1-16(10-11-2-4-12(14)5-3-11)19(17,18)13-6-8-15-9-7-13/h2-5,13,15H,6-10H2,1H3. The summed E-state index contributed by atoms with van der Waals surface area (Å²) in [7, 11) is -1.57. The van der Waals surface area contributed by atoms with Crippen LogP contribution in [0.25, 0.3) is 0 Å². The first-order valence-corrected chi connectivity index (χ1v) is 8.28. The van der Waals surface area contributed by atoms with Crippen LogP contribution < -0.4 is 5.32 Å². The van der Waals surface area contributed by atoms with Crippen molar-refractivity contribution in [1.29, 1.82) is 0 Å². The average molecular weight is 303 g/mol. The van der Waals surface area contributed by atoms with Gasteiger partial charge in [-0.1, -0.05) is 23.7 Å². The van der Waals surface area contributed by atoms with Crippen LogP contribution in [0, 0.1) is 0 Å². The van der Waals surface area contributed by atoms with Gasteiger partial charge < -0.3 is 5.32 Å². The van der Waals surface area contributed by atoms with E-state index >= 15 is 0 Å². The molecule has 1 saturated heterocycles. The molecular weight excluding hydrogens is 284 g/mol. The van der Waals surface area contributed by atoms with Crippen LogP contribution in [0.1, 0.15) is 18.4 Å². The van der Waals surface area contributed by atoms with Crippen LogP contribution in [0.15, 0.2) is 24.3 Å². The second-order valence-corrected chi connectivity index (χ2v) is 7.63. The maximum atomic E-state index is 12.4. The highest BCUT2D eigenvalue weighted by Gasteiger charge is 2.30. The van der Waals surface area contributed by atoms with Crippen molar-refractivity contribution >= 4 is 21.6 Å². The predicted octanol–water partition coefficient (Wildman–Crippen LogP) is 1.85. The molecule has 19 heavy (non-hydrogen) atoms. The second-order valence-electron chi connectivity index (χ2n) is 4.88. The Labute approximate surface area is 119 Å². The fourth-order valence-corrected chi connectivity index (χ4v) is 4.08. The number of benzene rings is 1. The Morgan fingerprint density at radius 1 is 1.26 bits per heavy atom. The van der Waals surface area contributed by atoms with E-state index in [9.17, 15) is 8.42 Å². The summed E-state index contributed by atoms with van der Waals surface area (Å²) in [4.78, 5) is 0. The lowest BCUT2D eigenvalue weighted by molar-refractivity contribution is 0.428. The zero-order valence-corrected chi connectivity index (χ0v) is 12.5. The minimum absolute atomic E-state index is 0.258. The number of nitrogens with zero attached hydrogens (tertiary/aromatic N) is 1. The lowest BCUT2D eigenvalue weighted by Crippen LogP contribution is -2.42. The maximum absolute atomic E-state index is 12.4. The van der Waals surface area contributed by atoms with Gasteiger partial charge in [0.2, 0.25) is 10.0 Å². The van der Waals surface area contributed by atoms with E-state index in [1.54, 1.807) is 19.2 Å². The Morgan fingerprint density at radius 2 is 1.84 bits per heavy atom. The minimum Gasteiger partial charge on any atom is -0.317 e. The SMILES string of the molecule is CN(Cc1ccc(Cl)cc1)S(=O)(=O)C1CCNCC1. The monoisotopic (exact) mass is 302 g/mol. The van der Waals surface area contributed by atoms with Crippen LogP contribution in [0.4, 0.5) is 0 Å². The van der Waals surface area contributed by atoms with E-state index in [0.29, 0.717) is 24.4 Å². The molecule has 0 aliphatic carbocycles. The van der Waals surface area contributed by atoms with Crippen LogP contribution in [-0.2, 0) is 16.6 Å². The Morgan fingerprint density at radius 3 is 2.42 bits per heavy atom. The van der Waals surface area contributed by atoms with E-state index < -0.39 is 10.0 Å². The van der Waals surface area contributed by atoms with Crippen LogP contribution >= 0.6 is 11.6 Å². The van der Waals surface area contributed by atoms with E-state index in [-0.39, 0.29) is 5.25 Å². The van der Waals surface area contributed by atoms with Crippen molar-refractivity contribution in [3.05, 3.63) is 34.9 Å². The number of halogens is 1. The highest BCUT2D eigenvalue weighted by molar-refractivity contribution is 7.89. The van der Waals surface area contributed by atoms with Crippen LogP contribution in [-0.4, -0.2) is 38.1 Å². The van der Waals surface area contributed by atoms with Gasteiger partial charge in [-0.25, -0.2) is 12.7 Å². The highest BCUT2D eigenvalue weighted by atomic mass is 35.5. The summed E-state index contributed by atoms with van der Waals surface area (Å²) in [6.45, 7) is 1.95. The van der Waals surface area contributed by atoms with Gasteiger partial charge in [-0.15, -0.1) is 0 Å². The molecule has 0 saturated carbocycles. The number of nitrogens with one attached hydrogen (secondary N) is 1. The molecule has 0 spiro atoms. The van der Waals surface area contributed by atoms with Crippen molar-refractivity contribution in [3.8, 4) is 0 Å². The third-order valence-electron chi connectivity index (χ3n) is 3.46. The molecule has 106 valence electrons. The van der Waals surface area contributed by atoms with E-state index in [4.69, 9.17) is 11.6 Å². The van der Waals surface area contributed by atoms with Crippen molar-refractivity contribution in [2.24, 2.45) is 0 Å². The highest BCUT2D eigenvalue weighted by Crippen LogP contribution is 2.19. The van der Waals surface area contributed by atoms with Gasteiger partial charge in [0.05, 0.1) is 5.25 Å². The average Bonchev–Trinajstić information content (AvgIpc) is 2.42. The molecule has 1 aromatic rings. The molecule has 2 rings (SSSR count). The molecule has 1 fully saturated rings. The van der Waals surface area contributed by atoms with Crippen molar-refractivity contribution in [1.82, 2.24) is 9.62 Å². The minimum atomic E-state index is -3.21. The molecular formula is C13H19ClN2O2S. The molecule has 0 aromatic heterocycles. The quantitative estimate of drug-likeness (QED) is 0.923. The Kier molecular flexibility index (Phi) is 4.84. The zero-order chi connectivity index (χ0) is 13.9. The third-order valence-corrected chi connectivity index (χ3v) is 6.02. The van der Waals surface area contributed by atoms with Gasteiger partial charge in [0.15, 0.2) is 0 Å². The summed E-state index contributed by atoms with van der Waals surface area (Å²) in [6.07, 6.45) is 1.38. The number of rotatable bonds is 4.